The molecule has 3 rings (SSSR count). The number of rotatable bonds is 10. The summed E-state index contributed by atoms with van der Waals surface area (Å²) in [7, 11) is 0. The monoisotopic (exact) mass is 449 g/mol. The third kappa shape index (κ3) is 7.31. The fraction of sp³-hybridized carbons (Fsp3) is 0.481. The lowest BCUT2D eigenvalue weighted by atomic mass is 9.88. The highest BCUT2D eigenvalue weighted by Gasteiger charge is 2.23. The van der Waals surface area contributed by atoms with E-state index in [1.54, 1.807) is 0 Å². The lowest BCUT2D eigenvalue weighted by Gasteiger charge is -2.31. The third-order valence-corrected chi connectivity index (χ3v) is 6.08. The molecule has 1 unspecified atom stereocenters. The number of nitriles is 1. The minimum Gasteiger partial charge on any atom is -0.490 e. The van der Waals surface area contributed by atoms with E-state index < -0.39 is 0 Å². The van der Waals surface area contributed by atoms with Crippen LogP contribution in [0, 0.1) is 17.2 Å². The van der Waals surface area contributed by atoms with Gasteiger partial charge in [0.15, 0.2) is 0 Å². The van der Waals surface area contributed by atoms with Gasteiger partial charge in [0.05, 0.1) is 18.6 Å². The number of hydrogen-bond acceptors (Lipinski definition) is 5. The Morgan fingerprint density at radius 3 is 2.55 bits per heavy atom. The maximum atomic E-state index is 12.7. The molecule has 1 saturated heterocycles. The second-order valence-corrected chi connectivity index (χ2v) is 9.09. The number of piperidine rings is 1. The Hall–Kier alpha value is -2.88. The number of likely N-dealkylation sites (tertiary alicyclic amines) is 1. The van der Waals surface area contributed by atoms with Crippen LogP contribution in [-0.4, -0.2) is 54.8 Å². The van der Waals surface area contributed by atoms with Crippen molar-refractivity contribution in [2.75, 3.05) is 32.8 Å². The predicted octanol–water partition coefficient (Wildman–Crippen LogP) is 3.96. The maximum Gasteiger partial charge on any atom is 0.228 e. The summed E-state index contributed by atoms with van der Waals surface area (Å²) in [4.78, 5) is 15.0. The molecule has 1 atom stereocenters. The smallest absolute Gasteiger partial charge is 0.228 e. The SMILES string of the molecule is CC(C)CC(C(=O)NCC#N)c1cccc(-c2cccc(OC3CCN(CCO)CC3)c2)c1. The van der Waals surface area contributed by atoms with E-state index in [0.717, 1.165) is 61.3 Å². The van der Waals surface area contributed by atoms with E-state index in [1.165, 1.54) is 0 Å². The van der Waals surface area contributed by atoms with Gasteiger partial charge in [0.2, 0.25) is 5.91 Å². The third-order valence-electron chi connectivity index (χ3n) is 6.08. The molecule has 176 valence electrons. The van der Waals surface area contributed by atoms with Gasteiger partial charge in [-0.2, -0.15) is 5.26 Å². The summed E-state index contributed by atoms with van der Waals surface area (Å²) in [6, 6.07) is 18.2. The van der Waals surface area contributed by atoms with E-state index in [-0.39, 0.29) is 31.1 Å². The molecule has 2 aromatic rings. The van der Waals surface area contributed by atoms with Gasteiger partial charge in [0.25, 0.3) is 0 Å². The summed E-state index contributed by atoms with van der Waals surface area (Å²) in [6.07, 6.45) is 2.81. The van der Waals surface area contributed by atoms with Crippen molar-refractivity contribution in [3.63, 3.8) is 0 Å². The fourth-order valence-corrected chi connectivity index (χ4v) is 4.38. The number of aliphatic hydroxyl groups is 1. The zero-order valence-corrected chi connectivity index (χ0v) is 19.7. The first-order valence-corrected chi connectivity index (χ1v) is 11.8. The van der Waals surface area contributed by atoms with Crippen LogP contribution in [0.3, 0.4) is 0 Å². The predicted molar refractivity (Wildman–Crippen MR) is 130 cm³/mol. The molecule has 33 heavy (non-hydrogen) atoms. The summed E-state index contributed by atoms with van der Waals surface area (Å²) in [6.45, 7) is 7.03. The minimum atomic E-state index is -0.290. The number of ether oxygens (including phenoxy) is 1. The van der Waals surface area contributed by atoms with E-state index in [4.69, 9.17) is 15.1 Å². The van der Waals surface area contributed by atoms with Gasteiger partial charge in [-0.3, -0.25) is 4.79 Å². The highest BCUT2D eigenvalue weighted by Crippen LogP contribution is 2.30. The van der Waals surface area contributed by atoms with Crippen molar-refractivity contribution in [1.29, 1.82) is 5.26 Å². The molecule has 0 aromatic heterocycles. The number of carbonyl (C=O) groups excluding carboxylic acids is 1. The Bertz CT molecular complexity index is 946. The maximum absolute atomic E-state index is 12.7. The van der Waals surface area contributed by atoms with Crippen molar-refractivity contribution in [1.82, 2.24) is 10.2 Å². The van der Waals surface area contributed by atoms with Crippen LogP contribution in [0.5, 0.6) is 5.75 Å². The Morgan fingerprint density at radius 1 is 1.18 bits per heavy atom. The highest BCUT2D eigenvalue weighted by atomic mass is 16.5. The van der Waals surface area contributed by atoms with Crippen molar-refractivity contribution in [3.05, 3.63) is 54.1 Å². The molecule has 6 nitrogen and oxygen atoms in total. The number of carbonyl (C=O) groups is 1. The van der Waals surface area contributed by atoms with Crippen LogP contribution in [0.25, 0.3) is 11.1 Å². The number of β-amino-alcohol motifs (C(OH)–C–C–N with tert-alkyl or cyclic N) is 1. The van der Waals surface area contributed by atoms with Gasteiger partial charge in [0, 0.05) is 19.6 Å². The van der Waals surface area contributed by atoms with Gasteiger partial charge in [-0.05, 0) is 54.0 Å². The highest BCUT2D eigenvalue weighted by molar-refractivity contribution is 5.84. The Kier molecular flexibility index (Phi) is 9.29. The lowest BCUT2D eigenvalue weighted by Crippen LogP contribution is -2.39. The van der Waals surface area contributed by atoms with Crippen LogP contribution in [0.4, 0.5) is 0 Å². The molecule has 0 aliphatic carbocycles. The number of amides is 1. The fourth-order valence-electron chi connectivity index (χ4n) is 4.38. The Balaban J connectivity index is 1.74. The topological polar surface area (TPSA) is 85.6 Å². The average Bonchev–Trinajstić information content (AvgIpc) is 2.82. The molecule has 0 bridgehead atoms. The normalized spacial score (nSPS) is 15.7. The van der Waals surface area contributed by atoms with E-state index in [2.05, 4.69) is 48.3 Å². The average molecular weight is 450 g/mol. The summed E-state index contributed by atoms with van der Waals surface area (Å²) < 4.78 is 6.27. The van der Waals surface area contributed by atoms with Crippen LogP contribution in [0.2, 0.25) is 0 Å². The number of benzene rings is 2. The number of aliphatic hydroxyl groups excluding tert-OH is 1. The molecule has 0 spiro atoms. The van der Waals surface area contributed by atoms with E-state index in [0.29, 0.717) is 5.92 Å². The molecule has 1 heterocycles. The van der Waals surface area contributed by atoms with Crippen molar-refractivity contribution < 1.29 is 14.6 Å². The molecule has 0 radical (unpaired) electrons. The first kappa shape index (κ1) is 24.8. The van der Waals surface area contributed by atoms with Crippen LogP contribution < -0.4 is 10.1 Å². The van der Waals surface area contributed by atoms with Gasteiger partial charge in [-0.25, -0.2) is 0 Å². The largest absolute Gasteiger partial charge is 0.490 e. The van der Waals surface area contributed by atoms with E-state index in [9.17, 15) is 4.79 Å². The van der Waals surface area contributed by atoms with Crippen molar-refractivity contribution in [2.24, 2.45) is 5.92 Å². The van der Waals surface area contributed by atoms with Crippen molar-refractivity contribution >= 4 is 5.91 Å². The summed E-state index contributed by atoms with van der Waals surface area (Å²) in [5.74, 6) is 0.810. The molecular formula is C27H35N3O3. The van der Waals surface area contributed by atoms with Crippen LogP contribution in [0.1, 0.15) is 44.6 Å². The molecule has 2 N–H and O–H groups in total. The van der Waals surface area contributed by atoms with Gasteiger partial charge in [-0.1, -0.05) is 50.2 Å². The minimum absolute atomic E-state index is 0.0193. The zero-order chi connectivity index (χ0) is 23.6. The van der Waals surface area contributed by atoms with Crippen molar-refractivity contribution in [2.45, 2.75) is 45.1 Å². The Labute approximate surface area is 197 Å². The summed E-state index contributed by atoms with van der Waals surface area (Å²) in [5, 5.41) is 20.7. The molecular weight excluding hydrogens is 414 g/mol. The first-order chi connectivity index (χ1) is 16.0. The van der Waals surface area contributed by atoms with Crippen LogP contribution >= 0.6 is 0 Å². The standard InChI is InChI=1S/C27H35N3O3/c1-20(2)17-26(27(32)29-12-11-28)23-7-3-5-21(18-23)22-6-4-8-25(19-22)33-24-9-13-30(14-10-24)15-16-31/h3-8,18-20,24,26,31H,9-10,12-17H2,1-2H3,(H,29,32). The zero-order valence-electron chi connectivity index (χ0n) is 19.7. The molecule has 0 saturated carbocycles. The molecule has 2 aromatic carbocycles. The van der Waals surface area contributed by atoms with Gasteiger partial charge < -0.3 is 20.1 Å². The van der Waals surface area contributed by atoms with Crippen LogP contribution in [-0.2, 0) is 4.79 Å². The number of hydrogen-bond donors (Lipinski definition) is 2. The first-order valence-electron chi connectivity index (χ1n) is 11.8. The molecule has 1 aliphatic heterocycles. The number of nitrogens with one attached hydrogen (secondary N) is 1. The second-order valence-electron chi connectivity index (χ2n) is 9.09. The van der Waals surface area contributed by atoms with E-state index >= 15 is 0 Å². The molecule has 1 fully saturated rings. The molecule has 1 aliphatic rings. The van der Waals surface area contributed by atoms with E-state index in [1.807, 2.05) is 30.3 Å². The summed E-state index contributed by atoms with van der Waals surface area (Å²) >= 11 is 0. The van der Waals surface area contributed by atoms with Gasteiger partial charge in [0.1, 0.15) is 18.4 Å². The van der Waals surface area contributed by atoms with Gasteiger partial charge in [-0.15, -0.1) is 0 Å². The van der Waals surface area contributed by atoms with Crippen LogP contribution in [0.15, 0.2) is 48.5 Å². The van der Waals surface area contributed by atoms with Crippen molar-refractivity contribution in [3.8, 4) is 22.9 Å². The Morgan fingerprint density at radius 2 is 1.88 bits per heavy atom. The second kappa shape index (κ2) is 12.4. The molecule has 1 amide bonds. The molecule has 6 heteroatoms. The summed E-state index contributed by atoms with van der Waals surface area (Å²) in [5.41, 5.74) is 3.05. The van der Waals surface area contributed by atoms with Gasteiger partial charge >= 0.3 is 0 Å². The quantitative estimate of drug-likeness (QED) is 0.536. The number of nitrogens with zero attached hydrogens (tertiary/aromatic N) is 2. The lowest BCUT2D eigenvalue weighted by molar-refractivity contribution is -0.122.